The van der Waals surface area contributed by atoms with Crippen LogP contribution in [0.1, 0.15) is 41.6 Å². The number of carbonyl (C=O) groups is 1. The van der Waals surface area contributed by atoms with Crippen LogP contribution in [0.4, 0.5) is 0 Å². The van der Waals surface area contributed by atoms with Crippen LogP contribution in [0.15, 0.2) is 97.1 Å². The van der Waals surface area contributed by atoms with Crippen molar-refractivity contribution in [3.05, 3.63) is 108 Å². The molecule has 0 amide bonds. The number of thiophene rings is 1. The maximum absolute atomic E-state index is 12.9. The Morgan fingerprint density at radius 2 is 1.57 bits per heavy atom. The van der Waals surface area contributed by atoms with Crippen molar-refractivity contribution in [2.24, 2.45) is 0 Å². The lowest BCUT2D eigenvalue weighted by Crippen LogP contribution is -2.35. The van der Waals surface area contributed by atoms with E-state index in [-0.39, 0.29) is 18.2 Å². The van der Waals surface area contributed by atoms with Crippen LogP contribution in [-0.2, 0) is 0 Å². The summed E-state index contributed by atoms with van der Waals surface area (Å²) in [6.07, 6.45) is 4.81. The number of halogens is 1. The number of piperidine rings is 1. The maximum atomic E-state index is 12.9. The minimum absolute atomic E-state index is 0. The lowest BCUT2D eigenvalue weighted by atomic mass is 10.0. The first kappa shape index (κ1) is 29.6. The molecule has 0 saturated carbocycles. The normalized spacial score (nSPS) is 14.6. The van der Waals surface area contributed by atoms with Gasteiger partial charge in [0.25, 0.3) is 0 Å². The van der Waals surface area contributed by atoms with Crippen molar-refractivity contribution in [1.82, 2.24) is 5.32 Å². The number of fused-ring (bicyclic) bond motifs is 1. The van der Waals surface area contributed by atoms with Gasteiger partial charge in [0.1, 0.15) is 17.2 Å². The lowest BCUT2D eigenvalue weighted by molar-refractivity contribution is 0.103. The molecule has 42 heavy (non-hydrogen) atoms. The van der Waals surface area contributed by atoms with Crippen molar-refractivity contribution in [2.75, 3.05) is 20.3 Å². The average Bonchev–Trinajstić information content (AvgIpc) is 3.39. The molecule has 1 atom stereocenters. The van der Waals surface area contributed by atoms with Crippen LogP contribution >= 0.6 is 23.7 Å². The predicted molar refractivity (Wildman–Crippen MR) is 173 cm³/mol. The van der Waals surface area contributed by atoms with Crippen molar-refractivity contribution < 1.29 is 19.0 Å². The highest BCUT2D eigenvalue weighted by Gasteiger charge is 2.18. The van der Waals surface area contributed by atoms with Gasteiger partial charge < -0.3 is 19.5 Å². The van der Waals surface area contributed by atoms with E-state index in [1.165, 1.54) is 19.3 Å². The average molecular weight is 600 g/mol. The predicted octanol–water partition coefficient (Wildman–Crippen LogP) is 8.93. The van der Waals surface area contributed by atoms with Crippen molar-refractivity contribution >= 4 is 39.6 Å². The van der Waals surface area contributed by atoms with Crippen molar-refractivity contribution in [2.45, 2.75) is 31.7 Å². The van der Waals surface area contributed by atoms with Gasteiger partial charge >= 0.3 is 0 Å². The van der Waals surface area contributed by atoms with E-state index in [4.69, 9.17) is 14.2 Å². The number of benzene rings is 4. The molecule has 6 rings (SSSR count). The Balaban J connectivity index is 0.00000353. The molecule has 216 valence electrons. The Kier molecular flexibility index (Phi) is 9.80. The molecular formula is C35H34ClNO4S. The summed E-state index contributed by atoms with van der Waals surface area (Å²) in [5, 5.41) is 4.58. The number of rotatable bonds is 10. The Bertz CT molecular complexity index is 1610. The van der Waals surface area contributed by atoms with Crippen LogP contribution in [0.5, 0.6) is 23.0 Å². The van der Waals surface area contributed by atoms with Gasteiger partial charge in [-0.1, -0.05) is 61.0 Å². The second kappa shape index (κ2) is 13.9. The summed E-state index contributed by atoms with van der Waals surface area (Å²) in [5.74, 6) is 3.16. The third-order valence-corrected chi connectivity index (χ3v) is 8.67. The van der Waals surface area contributed by atoms with E-state index in [0.29, 0.717) is 23.8 Å². The fourth-order valence-electron chi connectivity index (χ4n) is 5.21. The molecule has 0 bridgehead atoms. The van der Waals surface area contributed by atoms with E-state index >= 15 is 0 Å². The summed E-state index contributed by atoms with van der Waals surface area (Å²) in [4.78, 5) is 13.9. The Labute approximate surface area is 256 Å². The van der Waals surface area contributed by atoms with Gasteiger partial charge in [-0.15, -0.1) is 23.7 Å². The first-order chi connectivity index (χ1) is 20.2. The summed E-state index contributed by atoms with van der Waals surface area (Å²) in [5.41, 5.74) is 2.32. The molecule has 0 aliphatic carbocycles. The van der Waals surface area contributed by atoms with Crippen LogP contribution in [0, 0.1) is 0 Å². The first-order valence-electron chi connectivity index (χ1n) is 14.1. The summed E-state index contributed by atoms with van der Waals surface area (Å²) >= 11 is 1.64. The molecule has 1 saturated heterocycles. The molecule has 0 spiro atoms. The molecule has 4 aromatic carbocycles. The fraction of sp³-hybridized carbons (Fsp3) is 0.229. The van der Waals surface area contributed by atoms with Gasteiger partial charge in [0.05, 0.1) is 18.6 Å². The third-order valence-electron chi connectivity index (χ3n) is 7.49. The number of ketones is 1. The molecule has 1 N–H and O–H groups in total. The van der Waals surface area contributed by atoms with Gasteiger partial charge in [0.15, 0.2) is 11.5 Å². The lowest BCUT2D eigenvalue weighted by Gasteiger charge is -2.23. The van der Waals surface area contributed by atoms with Gasteiger partial charge in [-0.2, -0.15) is 0 Å². The van der Waals surface area contributed by atoms with E-state index < -0.39 is 0 Å². The van der Waals surface area contributed by atoms with E-state index in [1.807, 2.05) is 97.1 Å². The molecule has 1 unspecified atom stereocenters. The largest absolute Gasteiger partial charge is 0.497 e. The van der Waals surface area contributed by atoms with E-state index in [1.54, 1.807) is 18.4 Å². The molecule has 2 heterocycles. The monoisotopic (exact) mass is 599 g/mol. The van der Waals surface area contributed by atoms with Crippen molar-refractivity contribution in [3.8, 4) is 33.4 Å². The number of hydrogen-bond donors (Lipinski definition) is 1. The van der Waals surface area contributed by atoms with E-state index in [0.717, 1.165) is 56.5 Å². The van der Waals surface area contributed by atoms with E-state index in [2.05, 4.69) is 5.32 Å². The molecule has 0 radical (unpaired) electrons. The van der Waals surface area contributed by atoms with Crippen LogP contribution in [0.2, 0.25) is 0 Å². The second-order valence-electron chi connectivity index (χ2n) is 10.3. The highest BCUT2D eigenvalue weighted by atomic mass is 35.5. The van der Waals surface area contributed by atoms with Crippen LogP contribution in [-0.4, -0.2) is 32.1 Å². The molecule has 1 fully saturated rings. The zero-order chi connectivity index (χ0) is 28.0. The van der Waals surface area contributed by atoms with Gasteiger partial charge in [0, 0.05) is 27.3 Å². The second-order valence-corrected chi connectivity index (χ2v) is 11.3. The number of ether oxygens (including phenoxy) is 3. The number of carbonyl (C=O) groups excluding carboxylic acids is 1. The quantitative estimate of drug-likeness (QED) is 0.162. The Morgan fingerprint density at radius 1 is 0.857 bits per heavy atom. The summed E-state index contributed by atoms with van der Waals surface area (Å²) < 4.78 is 19.1. The van der Waals surface area contributed by atoms with Crippen LogP contribution in [0.3, 0.4) is 0 Å². The minimum Gasteiger partial charge on any atom is -0.497 e. The first-order valence-corrected chi connectivity index (χ1v) is 14.9. The summed E-state index contributed by atoms with van der Waals surface area (Å²) in [6, 6.07) is 31.5. The number of hydrogen-bond acceptors (Lipinski definition) is 6. The standard InChI is InChI=1S/C35H33NO4S.ClH/c1-38-30-18-19-31-32(23-30)41-35(26-12-10-25(11-13-26)33(37)24-7-3-2-4-8-24)34(31)40-29-16-14-28(15-17-29)39-22-20-27-9-5-6-21-36-27;/h2-4,7-8,10-19,23,27,36H,5-6,9,20-22H2,1H3;1H. The topological polar surface area (TPSA) is 56.8 Å². The molecule has 5 aromatic rings. The van der Waals surface area contributed by atoms with Gasteiger partial charge in [0.2, 0.25) is 0 Å². The molecule has 5 nitrogen and oxygen atoms in total. The van der Waals surface area contributed by atoms with Crippen LogP contribution < -0.4 is 19.5 Å². The molecular weight excluding hydrogens is 566 g/mol. The van der Waals surface area contributed by atoms with Gasteiger partial charge in [-0.25, -0.2) is 0 Å². The zero-order valence-electron chi connectivity index (χ0n) is 23.5. The van der Waals surface area contributed by atoms with E-state index in [9.17, 15) is 4.79 Å². The Hall–Kier alpha value is -3.84. The summed E-state index contributed by atoms with van der Waals surface area (Å²) in [6.45, 7) is 1.81. The van der Waals surface area contributed by atoms with Crippen molar-refractivity contribution in [1.29, 1.82) is 0 Å². The fourth-order valence-corrected chi connectivity index (χ4v) is 6.38. The van der Waals surface area contributed by atoms with Gasteiger partial charge in [-0.05, 0) is 73.8 Å². The Morgan fingerprint density at radius 3 is 2.29 bits per heavy atom. The van der Waals surface area contributed by atoms with Crippen molar-refractivity contribution in [3.63, 3.8) is 0 Å². The highest BCUT2D eigenvalue weighted by Crippen LogP contribution is 2.47. The smallest absolute Gasteiger partial charge is 0.193 e. The van der Waals surface area contributed by atoms with Gasteiger partial charge in [-0.3, -0.25) is 4.79 Å². The molecule has 7 heteroatoms. The zero-order valence-corrected chi connectivity index (χ0v) is 25.1. The summed E-state index contributed by atoms with van der Waals surface area (Å²) in [7, 11) is 1.67. The molecule has 1 aliphatic heterocycles. The molecule has 1 aliphatic rings. The molecule has 1 aromatic heterocycles. The maximum Gasteiger partial charge on any atom is 0.193 e. The SMILES string of the molecule is COc1ccc2c(Oc3ccc(OCCC4CCCCN4)cc3)c(-c3ccc(C(=O)c4ccccc4)cc3)sc2c1.Cl. The number of methoxy groups -OCH3 is 1. The highest BCUT2D eigenvalue weighted by molar-refractivity contribution is 7.22. The third kappa shape index (κ3) is 6.79. The minimum atomic E-state index is 0. The number of nitrogens with one attached hydrogen (secondary N) is 1. The van der Waals surface area contributed by atoms with Crippen LogP contribution in [0.25, 0.3) is 20.5 Å².